The van der Waals surface area contributed by atoms with E-state index < -0.39 is 5.97 Å². The van der Waals surface area contributed by atoms with Gasteiger partial charge in [0.2, 0.25) is 0 Å². The van der Waals surface area contributed by atoms with Crippen LogP contribution >= 0.6 is 0 Å². The molecule has 2 heterocycles. The first-order valence-corrected chi connectivity index (χ1v) is 7.44. The van der Waals surface area contributed by atoms with Gasteiger partial charge in [-0.15, -0.1) is 0 Å². The van der Waals surface area contributed by atoms with E-state index in [0.717, 1.165) is 25.3 Å². The topological polar surface area (TPSA) is 76.0 Å². The van der Waals surface area contributed by atoms with Gasteiger partial charge in [-0.2, -0.15) is 0 Å². The Labute approximate surface area is 123 Å². The number of ether oxygens (including phenoxy) is 2. The lowest BCUT2D eigenvalue weighted by Crippen LogP contribution is -2.34. The third kappa shape index (κ3) is 2.97. The van der Waals surface area contributed by atoms with E-state index in [-0.39, 0.29) is 35.4 Å². The molecule has 5 nitrogen and oxygen atoms in total. The molecule has 21 heavy (non-hydrogen) atoms. The Morgan fingerprint density at radius 2 is 2.05 bits per heavy atom. The van der Waals surface area contributed by atoms with Gasteiger partial charge < -0.3 is 19.7 Å². The number of carbonyl (C=O) groups excluding carboxylic acids is 1. The van der Waals surface area contributed by atoms with Crippen molar-refractivity contribution in [2.24, 2.45) is 0 Å². The van der Waals surface area contributed by atoms with Crippen LogP contribution in [0.4, 0.5) is 0 Å². The lowest BCUT2D eigenvalue weighted by molar-refractivity contribution is -0.0647. The fraction of sp³-hybridized carbons (Fsp3) is 0.562. The fourth-order valence-corrected chi connectivity index (χ4v) is 3.26. The van der Waals surface area contributed by atoms with Gasteiger partial charge in [-0.05, 0) is 37.8 Å². The number of cyclic esters (lactones) is 1. The summed E-state index contributed by atoms with van der Waals surface area (Å²) in [7, 11) is 0. The van der Waals surface area contributed by atoms with Gasteiger partial charge in [0.05, 0.1) is 12.2 Å². The predicted molar refractivity (Wildman–Crippen MR) is 75.5 cm³/mol. The molecule has 2 aliphatic rings. The van der Waals surface area contributed by atoms with Gasteiger partial charge in [0, 0.05) is 18.9 Å². The van der Waals surface area contributed by atoms with E-state index in [1.165, 1.54) is 6.07 Å². The van der Waals surface area contributed by atoms with Crippen molar-refractivity contribution in [3.8, 4) is 11.5 Å². The second kappa shape index (κ2) is 5.56. The highest BCUT2D eigenvalue weighted by Crippen LogP contribution is 2.34. The summed E-state index contributed by atoms with van der Waals surface area (Å²) in [5.74, 6) is -0.791. The quantitative estimate of drug-likeness (QED) is 0.819. The number of esters is 1. The molecule has 5 heteroatoms. The van der Waals surface area contributed by atoms with Crippen LogP contribution in [-0.4, -0.2) is 34.5 Å². The van der Waals surface area contributed by atoms with Gasteiger partial charge in [0.1, 0.15) is 23.2 Å². The number of hydrogen-bond acceptors (Lipinski definition) is 5. The van der Waals surface area contributed by atoms with Gasteiger partial charge in [-0.3, -0.25) is 0 Å². The monoisotopic (exact) mass is 292 g/mol. The van der Waals surface area contributed by atoms with Crippen LogP contribution in [0.3, 0.4) is 0 Å². The molecule has 1 saturated heterocycles. The second-order valence-electron chi connectivity index (χ2n) is 5.97. The van der Waals surface area contributed by atoms with Gasteiger partial charge >= 0.3 is 5.97 Å². The molecule has 0 saturated carbocycles. The number of carbonyl (C=O) groups is 1. The van der Waals surface area contributed by atoms with Crippen molar-refractivity contribution in [2.75, 3.05) is 0 Å². The smallest absolute Gasteiger partial charge is 0.342 e. The Bertz CT molecular complexity index is 554. The summed E-state index contributed by atoms with van der Waals surface area (Å²) in [6.07, 6.45) is 4.44. The Morgan fingerprint density at radius 1 is 1.24 bits per heavy atom. The summed E-state index contributed by atoms with van der Waals surface area (Å²) in [6, 6.07) is 2.68. The maximum Gasteiger partial charge on any atom is 0.342 e. The second-order valence-corrected chi connectivity index (χ2v) is 5.97. The molecule has 0 amide bonds. The first-order chi connectivity index (χ1) is 10.0. The van der Waals surface area contributed by atoms with E-state index in [2.05, 4.69) is 6.92 Å². The minimum absolute atomic E-state index is 0.0396. The molecule has 2 aliphatic heterocycles. The van der Waals surface area contributed by atoms with Crippen LogP contribution in [-0.2, 0) is 15.9 Å². The van der Waals surface area contributed by atoms with Crippen molar-refractivity contribution in [1.82, 2.24) is 0 Å². The lowest BCUT2D eigenvalue weighted by Gasteiger charge is -2.32. The van der Waals surface area contributed by atoms with Crippen molar-refractivity contribution < 1.29 is 24.5 Å². The number of rotatable bonds is 2. The lowest BCUT2D eigenvalue weighted by atomic mass is 9.92. The maximum absolute atomic E-state index is 12.0. The van der Waals surface area contributed by atoms with Crippen molar-refractivity contribution in [3.05, 3.63) is 23.3 Å². The third-order valence-electron chi connectivity index (χ3n) is 4.20. The standard InChI is InChI=1S/C16H20O5/c1-9-3-2-4-12(20-9)8-13-6-10-5-11(17)7-14(18)15(10)16(19)21-13/h5,7,9,12-13,17-18H,2-4,6,8H2,1H3/t9-,12+,13+/m1/s1. The normalized spacial score (nSPS) is 28.8. The minimum atomic E-state index is -0.525. The zero-order chi connectivity index (χ0) is 15.0. The molecular weight excluding hydrogens is 272 g/mol. The number of phenols is 2. The molecule has 1 fully saturated rings. The molecule has 0 aliphatic carbocycles. The van der Waals surface area contributed by atoms with Crippen molar-refractivity contribution in [1.29, 1.82) is 0 Å². The van der Waals surface area contributed by atoms with E-state index >= 15 is 0 Å². The Kier molecular flexibility index (Phi) is 3.76. The summed E-state index contributed by atoms with van der Waals surface area (Å²) >= 11 is 0. The van der Waals surface area contributed by atoms with Crippen LogP contribution in [0.5, 0.6) is 11.5 Å². The molecule has 0 bridgehead atoms. The number of benzene rings is 1. The third-order valence-corrected chi connectivity index (χ3v) is 4.20. The maximum atomic E-state index is 12.0. The average molecular weight is 292 g/mol. The molecule has 1 aromatic rings. The van der Waals surface area contributed by atoms with E-state index in [4.69, 9.17) is 9.47 Å². The van der Waals surface area contributed by atoms with E-state index in [9.17, 15) is 15.0 Å². The first kappa shape index (κ1) is 14.2. The van der Waals surface area contributed by atoms with E-state index in [1.54, 1.807) is 0 Å². The van der Waals surface area contributed by atoms with Crippen molar-refractivity contribution >= 4 is 5.97 Å². The summed E-state index contributed by atoms with van der Waals surface area (Å²) in [6.45, 7) is 2.06. The highest BCUT2D eigenvalue weighted by atomic mass is 16.5. The number of hydrogen-bond donors (Lipinski definition) is 2. The molecule has 0 spiro atoms. The zero-order valence-electron chi connectivity index (χ0n) is 12.0. The summed E-state index contributed by atoms with van der Waals surface area (Å²) in [4.78, 5) is 12.0. The van der Waals surface area contributed by atoms with E-state index in [1.807, 2.05) is 0 Å². The molecule has 3 atom stereocenters. The minimum Gasteiger partial charge on any atom is -0.508 e. The van der Waals surface area contributed by atoms with Gasteiger partial charge in [-0.1, -0.05) is 0 Å². The molecule has 0 unspecified atom stereocenters. The van der Waals surface area contributed by atoms with Crippen LogP contribution in [0.25, 0.3) is 0 Å². The Hall–Kier alpha value is -1.75. The first-order valence-electron chi connectivity index (χ1n) is 7.44. The SMILES string of the molecule is C[C@@H]1CCC[C@@H](C[C@@H]2Cc3cc(O)cc(O)c3C(=O)O2)O1. The van der Waals surface area contributed by atoms with Crippen LogP contribution in [0.15, 0.2) is 12.1 Å². The number of fused-ring (bicyclic) bond motifs is 1. The van der Waals surface area contributed by atoms with Gasteiger partial charge in [0.25, 0.3) is 0 Å². The van der Waals surface area contributed by atoms with Gasteiger partial charge in [0.15, 0.2) is 0 Å². The van der Waals surface area contributed by atoms with E-state index in [0.29, 0.717) is 18.4 Å². The predicted octanol–water partition coefficient (Wildman–Crippen LogP) is 2.53. The zero-order valence-corrected chi connectivity index (χ0v) is 12.0. The largest absolute Gasteiger partial charge is 0.508 e. The molecule has 114 valence electrons. The molecule has 0 radical (unpaired) electrons. The van der Waals surface area contributed by atoms with Crippen molar-refractivity contribution in [2.45, 2.75) is 57.3 Å². The number of aromatic hydroxyl groups is 2. The molecule has 1 aromatic carbocycles. The highest BCUT2D eigenvalue weighted by molar-refractivity contribution is 5.95. The highest BCUT2D eigenvalue weighted by Gasteiger charge is 2.32. The van der Waals surface area contributed by atoms with Crippen LogP contribution in [0.2, 0.25) is 0 Å². The summed E-state index contributed by atoms with van der Waals surface area (Å²) in [5, 5.41) is 19.3. The van der Waals surface area contributed by atoms with Crippen LogP contribution in [0, 0.1) is 0 Å². The van der Waals surface area contributed by atoms with Crippen LogP contribution in [0.1, 0.15) is 48.5 Å². The molecule has 3 rings (SSSR count). The Morgan fingerprint density at radius 3 is 2.81 bits per heavy atom. The Balaban J connectivity index is 1.74. The molecular formula is C16H20O5. The molecule has 2 N–H and O–H groups in total. The van der Waals surface area contributed by atoms with Crippen molar-refractivity contribution in [3.63, 3.8) is 0 Å². The molecule has 0 aromatic heterocycles. The summed E-state index contributed by atoms with van der Waals surface area (Å²) < 4.78 is 11.3. The van der Waals surface area contributed by atoms with Gasteiger partial charge in [-0.25, -0.2) is 4.79 Å². The fourth-order valence-electron chi connectivity index (χ4n) is 3.26. The van der Waals surface area contributed by atoms with Crippen LogP contribution < -0.4 is 0 Å². The number of phenolic OH excluding ortho intramolecular Hbond substituents is 2. The summed E-state index contributed by atoms with van der Waals surface area (Å²) in [5.41, 5.74) is 0.805. The average Bonchev–Trinajstić information content (AvgIpc) is 2.37.